The zero-order chi connectivity index (χ0) is 14.2. The Labute approximate surface area is 116 Å². The summed E-state index contributed by atoms with van der Waals surface area (Å²) in [6.07, 6.45) is 4.20. The monoisotopic (exact) mass is 254 g/mol. The molecular weight excluding hydrogens is 218 g/mol. The minimum atomic E-state index is 0.470. The van der Waals surface area contributed by atoms with Gasteiger partial charge in [0.2, 0.25) is 0 Å². The van der Waals surface area contributed by atoms with Gasteiger partial charge in [-0.05, 0) is 36.0 Å². The molecule has 0 aromatic heterocycles. The fourth-order valence-corrected chi connectivity index (χ4v) is 3.70. The van der Waals surface area contributed by atoms with Crippen molar-refractivity contribution in [3.8, 4) is 0 Å². The van der Waals surface area contributed by atoms with Gasteiger partial charge < -0.3 is 4.48 Å². The van der Waals surface area contributed by atoms with Crippen molar-refractivity contribution < 1.29 is 4.48 Å². The van der Waals surface area contributed by atoms with E-state index in [0.29, 0.717) is 10.8 Å². The molecule has 1 aliphatic rings. The van der Waals surface area contributed by atoms with Crippen molar-refractivity contribution >= 4 is 0 Å². The lowest BCUT2D eigenvalue weighted by Crippen LogP contribution is -2.51. The van der Waals surface area contributed by atoms with Crippen LogP contribution in [0.25, 0.3) is 0 Å². The first-order valence-corrected chi connectivity index (χ1v) is 7.70. The van der Waals surface area contributed by atoms with Gasteiger partial charge in [0.25, 0.3) is 0 Å². The first-order chi connectivity index (χ1) is 7.88. The smallest absolute Gasteiger partial charge is 0.0814 e. The molecule has 1 aliphatic heterocycles. The summed E-state index contributed by atoms with van der Waals surface area (Å²) in [6.45, 7) is 17.1. The fourth-order valence-electron chi connectivity index (χ4n) is 3.70. The predicted molar refractivity (Wildman–Crippen MR) is 81.6 cm³/mol. The number of likely N-dealkylation sites (tertiary alicyclic amines) is 1. The summed E-state index contributed by atoms with van der Waals surface area (Å²) >= 11 is 0. The molecule has 1 nitrogen and oxygen atoms in total. The molecule has 108 valence electrons. The summed E-state index contributed by atoms with van der Waals surface area (Å²) in [4.78, 5) is 0. The number of quaternary nitrogens is 1. The number of nitrogens with zero attached hydrogens (tertiary/aromatic N) is 1. The topological polar surface area (TPSA) is 0 Å². The zero-order valence-corrected chi connectivity index (χ0v) is 14.1. The molecule has 0 aliphatic carbocycles. The van der Waals surface area contributed by atoms with Gasteiger partial charge in [-0.2, -0.15) is 0 Å². The van der Waals surface area contributed by atoms with Crippen LogP contribution in [0.15, 0.2) is 0 Å². The Kier molecular flexibility index (Phi) is 4.58. The maximum atomic E-state index is 2.41. The van der Waals surface area contributed by atoms with Crippen molar-refractivity contribution in [1.29, 1.82) is 0 Å². The molecule has 1 heterocycles. The van der Waals surface area contributed by atoms with Crippen LogP contribution in [-0.2, 0) is 0 Å². The summed E-state index contributed by atoms with van der Waals surface area (Å²) in [7, 11) is 4.81. The largest absolute Gasteiger partial charge is 0.328 e. The van der Waals surface area contributed by atoms with Crippen molar-refractivity contribution in [2.75, 3.05) is 27.2 Å². The van der Waals surface area contributed by atoms with E-state index in [1.807, 2.05) is 0 Å². The van der Waals surface area contributed by atoms with Crippen LogP contribution in [0.2, 0.25) is 0 Å². The summed E-state index contributed by atoms with van der Waals surface area (Å²) < 4.78 is 1.22. The second-order valence-corrected chi connectivity index (χ2v) is 9.68. The van der Waals surface area contributed by atoms with Gasteiger partial charge in [-0.25, -0.2) is 0 Å². The number of hydrogen-bond acceptors (Lipinski definition) is 0. The van der Waals surface area contributed by atoms with E-state index >= 15 is 0 Å². The van der Waals surface area contributed by atoms with E-state index in [2.05, 4.69) is 55.6 Å². The van der Waals surface area contributed by atoms with E-state index in [9.17, 15) is 0 Å². The molecule has 0 radical (unpaired) electrons. The van der Waals surface area contributed by atoms with Gasteiger partial charge >= 0.3 is 0 Å². The van der Waals surface area contributed by atoms with Gasteiger partial charge in [-0.3, -0.25) is 0 Å². The SMILES string of the molecule is CC(C)(C)CC1CC[N+](C)(C)CC1CC(C)(C)C. The van der Waals surface area contributed by atoms with E-state index in [-0.39, 0.29) is 0 Å². The molecule has 0 spiro atoms. The number of piperidine rings is 1. The van der Waals surface area contributed by atoms with Gasteiger partial charge in [0.1, 0.15) is 0 Å². The average molecular weight is 254 g/mol. The predicted octanol–water partition coefficient (Wildman–Crippen LogP) is 4.57. The van der Waals surface area contributed by atoms with Crippen molar-refractivity contribution in [3.05, 3.63) is 0 Å². The van der Waals surface area contributed by atoms with Gasteiger partial charge in [0, 0.05) is 5.92 Å². The van der Waals surface area contributed by atoms with Gasteiger partial charge in [0.15, 0.2) is 0 Å². The summed E-state index contributed by atoms with van der Waals surface area (Å²) in [6, 6.07) is 0. The quantitative estimate of drug-likeness (QED) is 0.633. The second-order valence-electron chi connectivity index (χ2n) is 9.68. The lowest BCUT2D eigenvalue weighted by Gasteiger charge is -2.45. The normalized spacial score (nSPS) is 29.3. The van der Waals surface area contributed by atoms with E-state index in [0.717, 1.165) is 11.8 Å². The molecule has 18 heavy (non-hydrogen) atoms. The molecule has 0 aromatic carbocycles. The Bertz CT molecular complexity index is 262. The molecule has 1 heteroatoms. The Balaban J connectivity index is 2.75. The van der Waals surface area contributed by atoms with E-state index < -0.39 is 0 Å². The standard InChI is InChI=1S/C17H36N/c1-16(2,3)11-14-9-10-18(7,8)13-15(14)12-17(4,5)6/h14-15H,9-13H2,1-8H3/q+1. The van der Waals surface area contributed by atoms with E-state index in [4.69, 9.17) is 0 Å². The zero-order valence-electron chi connectivity index (χ0n) is 14.1. The van der Waals surface area contributed by atoms with Crippen LogP contribution >= 0.6 is 0 Å². The fraction of sp³-hybridized carbons (Fsp3) is 1.00. The molecule has 2 atom stereocenters. The summed E-state index contributed by atoms with van der Waals surface area (Å²) in [5.41, 5.74) is 0.952. The van der Waals surface area contributed by atoms with Crippen LogP contribution in [0.1, 0.15) is 60.8 Å². The highest BCUT2D eigenvalue weighted by atomic mass is 15.3. The Hall–Kier alpha value is -0.0400. The molecule has 0 saturated carbocycles. The minimum Gasteiger partial charge on any atom is -0.328 e. The first kappa shape index (κ1) is 16.0. The van der Waals surface area contributed by atoms with Crippen LogP contribution in [0.4, 0.5) is 0 Å². The number of hydrogen-bond donors (Lipinski definition) is 0. The number of rotatable bonds is 2. The van der Waals surface area contributed by atoms with Crippen molar-refractivity contribution in [2.24, 2.45) is 22.7 Å². The molecule has 1 fully saturated rings. The van der Waals surface area contributed by atoms with Crippen molar-refractivity contribution in [2.45, 2.75) is 60.8 Å². The van der Waals surface area contributed by atoms with Crippen LogP contribution in [-0.4, -0.2) is 31.7 Å². The van der Waals surface area contributed by atoms with E-state index in [1.54, 1.807) is 0 Å². The molecule has 2 unspecified atom stereocenters. The Morgan fingerprint density at radius 1 is 0.833 bits per heavy atom. The van der Waals surface area contributed by atoms with E-state index in [1.165, 1.54) is 36.8 Å². The van der Waals surface area contributed by atoms with Crippen LogP contribution in [0, 0.1) is 22.7 Å². The Morgan fingerprint density at radius 2 is 1.28 bits per heavy atom. The molecule has 0 bridgehead atoms. The summed E-state index contributed by atoms with van der Waals surface area (Å²) in [5, 5.41) is 0. The molecule has 0 aromatic rings. The van der Waals surface area contributed by atoms with Gasteiger partial charge in [-0.1, -0.05) is 41.5 Å². The van der Waals surface area contributed by atoms with Gasteiger partial charge in [0.05, 0.1) is 27.2 Å². The summed E-state index contributed by atoms with van der Waals surface area (Å²) in [5.74, 6) is 1.85. The Morgan fingerprint density at radius 3 is 1.72 bits per heavy atom. The molecule has 1 saturated heterocycles. The third-order valence-electron chi connectivity index (χ3n) is 4.25. The highest BCUT2D eigenvalue weighted by molar-refractivity contribution is 4.81. The van der Waals surface area contributed by atoms with Crippen LogP contribution < -0.4 is 0 Å². The van der Waals surface area contributed by atoms with Crippen molar-refractivity contribution in [1.82, 2.24) is 0 Å². The molecule has 0 amide bonds. The molecule has 1 rings (SSSR count). The highest BCUT2D eigenvalue weighted by Crippen LogP contribution is 2.40. The van der Waals surface area contributed by atoms with Gasteiger partial charge in [-0.15, -0.1) is 0 Å². The first-order valence-electron chi connectivity index (χ1n) is 7.70. The highest BCUT2D eigenvalue weighted by Gasteiger charge is 2.38. The third-order valence-corrected chi connectivity index (χ3v) is 4.25. The lowest BCUT2D eigenvalue weighted by molar-refractivity contribution is -0.900. The molecule has 0 N–H and O–H groups in total. The maximum Gasteiger partial charge on any atom is 0.0814 e. The second kappa shape index (κ2) is 5.15. The molecular formula is C17H36N+. The van der Waals surface area contributed by atoms with Crippen molar-refractivity contribution in [3.63, 3.8) is 0 Å². The maximum absolute atomic E-state index is 2.41. The minimum absolute atomic E-state index is 0.470. The average Bonchev–Trinajstić information content (AvgIpc) is 2.04. The lowest BCUT2D eigenvalue weighted by atomic mass is 9.70. The van der Waals surface area contributed by atoms with Crippen LogP contribution in [0.3, 0.4) is 0 Å². The third kappa shape index (κ3) is 5.73. The van der Waals surface area contributed by atoms with Crippen LogP contribution in [0.5, 0.6) is 0 Å².